The highest BCUT2D eigenvalue weighted by atomic mass is 79.9. The zero-order valence-electron chi connectivity index (χ0n) is 7.66. The van der Waals surface area contributed by atoms with E-state index < -0.39 is 0 Å². The van der Waals surface area contributed by atoms with Crippen molar-refractivity contribution in [2.75, 3.05) is 25.1 Å². The summed E-state index contributed by atoms with van der Waals surface area (Å²) in [6.45, 7) is 2.06. The first-order valence-corrected chi connectivity index (χ1v) is 5.27. The first-order valence-electron chi connectivity index (χ1n) is 4.48. The van der Waals surface area contributed by atoms with Gasteiger partial charge in [-0.05, 0) is 24.3 Å². The Bertz CT molecular complexity index is 334. The van der Waals surface area contributed by atoms with Crippen LogP contribution in [0.1, 0.15) is 0 Å². The van der Waals surface area contributed by atoms with Crippen molar-refractivity contribution >= 4 is 27.5 Å². The van der Waals surface area contributed by atoms with Crippen LogP contribution in [0.25, 0.3) is 0 Å². The lowest BCUT2D eigenvalue weighted by Gasteiger charge is -2.14. The molecule has 0 aliphatic carbocycles. The first kappa shape index (κ1) is 9.68. The molecule has 14 heavy (non-hydrogen) atoms. The molecule has 74 valence electrons. The molecule has 0 bridgehead atoms. The summed E-state index contributed by atoms with van der Waals surface area (Å²) in [5.41, 5.74) is 1.04. The van der Waals surface area contributed by atoms with Crippen LogP contribution in [0.15, 0.2) is 33.7 Å². The molecule has 1 aliphatic rings. The Kier molecular flexibility index (Phi) is 3.16. The Morgan fingerprint density at radius 3 is 2.71 bits per heavy atom. The highest BCUT2D eigenvalue weighted by Crippen LogP contribution is 2.14. The predicted octanol–water partition coefficient (Wildman–Crippen LogP) is 2.29. The van der Waals surface area contributed by atoms with Gasteiger partial charge in [-0.25, -0.2) is 0 Å². The average molecular weight is 255 g/mol. The van der Waals surface area contributed by atoms with E-state index in [-0.39, 0.29) is 0 Å². The summed E-state index contributed by atoms with van der Waals surface area (Å²) in [4.78, 5) is 4.32. The van der Waals surface area contributed by atoms with Gasteiger partial charge in [-0.3, -0.25) is 4.99 Å². The van der Waals surface area contributed by atoms with Crippen molar-refractivity contribution in [3.05, 3.63) is 28.7 Å². The Balaban J connectivity index is 2.03. The molecule has 0 saturated carbocycles. The summed E-state index contributed by atoms with van der Waals surface area (Å²) in [6, 6.07) is 7.99. The van der Waals surface area contributed by atoms with Crippen LogP contribution in [0.4, 0.5) is 5.69 Å². The molecule has 4 heteroatoms. The molecular formula is C10H11BrN2O. The molecule has 1 N–H and O–H groups in total. The van der Waals surface area contributed by atoms with Gasteiger partial charge in [0, 0.05) is 10.2 Å². The maximum Gasteiger partial charge on any atom is 0.127 e. The van der Waals surface area contributed by atoms with E-state index >= 15 is 0 Å². The maximum absolute atomic E-state index is 5.28. The summed E-state index contributed by atoms with van der Waals surface area (Å²) in [5, 5.41) is 3.21. The molecule has 1 aliphatic heterocycles. The van der Waals surface area contributed by atoms with Gasteiger partial charge in [-0.15, -0.1) is 0 Å². The molecule has 3 nitrogen and oxygen atoms in total. The van der Waals surface area contributed by atoms with Gasteiger partial charge < -0.3 is 10.1 Å². The molecule has 1 aromatic carbocycles. The lowest BCUT2D eigenvalue weighted by molar-refractivity contribution is 0.171. The van der Waals surface area contributed by atoms with Crippen LogP contribution < -0.4 is 5.32 Å². The number of hydrogen-bond donors (Lipinski definition) is 1. The number of anilines is 1. The summed E-state index contributed by atoms with van der Waals surface area (Å²) in [5.74, 6) is 0.901. The Hall–Kier alpha value is -0.870. The fraction of sp³-hybridized carbons (Fsp3) is 0.300. The third-order valence-electron chi connectivity index (χ3n) is 1.91. The number of aliphatic imine (C=N–C) groups is 1. The molecule has 0 fully saturated rings. The summed E-state index contributed by atoms with van der Waals surface area (Å²) >= 11 is 3.39. The molecule has 0 atom stereocenters. The minimum absolute atomic E-state index is 0.579. The quantitative estimate of drug-likeness (QED) is 0.835. The third kappa shape index (κ3) is 2.56. The second-order valence-electron chi connectivity index (χ2n) is 3.01. The zero-order chi connectivity index (χ0) is 9.80. The summed E-state index contributed by atoms with van der Waals surface area (Å²) in [7, 11) is 0. The predicted molar refractivity (Wildman–Crippen MR) is 60.9 cm³/mol. The molecule has 0 unspecified atom stereocenters. The third-order valence-corrected chi connectivity index (χ3v) is 2.44. The number of ether oxygens (including phenoxy) is 1. The number of nitrogens with one attached hydrogen (secondary N) is 1. The Labute approximate surface area is 91.3 Å². The minimum atomic E-state index is 0.579. The fourth-order valence-electron chi connectivity index (χ4n) is 1.24. The lowest BCUT2D eigenvalue weighted by Crippen LogP contribution is -2.24. The van der Waals surface area contributed by atoms with Crippen molar-refractivity contribution in [1.29, 1.82) is 0 Å². The average Bonchev–Trinajstić information content (AvgIpc) is 2.23. The number of amidine groups is 1. The van der Waals surface area contributed by atoms with Crippen LogP contribution in [0.2, 0.25) is 0 Å². The van der Waals surface area contributed by atoms with Crippen molar-refractivity contribution < 1.29 is 4.74 Å². The minimum Gasteiger partial charge on any atom is -0.372 e. The van der Waals surface area contributed by atoms with Crippen LogP contribution in [0, 0.1) is 0 Å². The summed E-state index contributed by atoms with van der Waals surface area (Å²) in [6.07, 6.45) is 0. The van der Waals surface area contributed by atoms with Crippen molar-refractivity contribution in [3.63, 3.8) is 0 Å². The van der Waals surface area contributed by atoms with E-state index in [4.69, 9.17) is 4.74 Å². The first-order chi connectivity index (χ1) is 6.84. The highest BCUT2D eigenvalue weighted by molar-refractivity contribution is 9.10. The molecule has 1 heterocycles. The molecule has 0 aromatic heterocycles. The number of halogens is 1. The van der Waals surface area contributed by atoms with Crippen molar-refractivity contribution in [2.24, 2.45) is 4.99 Å². The van der Waals surface area contributed by atoms with Gasteiger partial charge >= 0.3 is 0 Å². The maximum atomic E-state index is 5.28. The SMILES string of the molecule is Brc1ccc(NC2=NCCOC2)cc1. The van der Waals surface area contributed by atoms with E-state index in [2.05, 4.69) is 26.2 Å². The van der Waals surface area contributed by atoms with Crippen molar-refractivity contribution in [3.8, 4) is 0 Å². The second-order valence-corrected chi connectivity index (χ2v) is 3.93. The largest absolute Gasteiger partial charge is 0.372 e. The molecular weight excluding hydrogens is 244 g/mol. The van der Waals surface area contributed by atoms with E-state index in [1.165, 1.54) is 0 Å². The van der Waals surface area contributed by atoms with Crippen LogP contribution in [0.5, 0.6) is 0 Å². The number of nitrogens with zero attached hydrogens (tertiary/aromatic N) is 1. The van der Waals surface area contributed by atoms with Gasteiger partial charge in [0.05, 0.1) is 13.2 Å². The van der Waals surface area contributed by atoms with Gasteiger partial charge in [0.1, 0.15) is 12.4 Å². The van der Waals surface area contributed by atoms with E-state index in [0.29, 0.717) is 6.61 Å². The number of benzene rings is 1. The molecule has 0 spiro atoms. The van der Waals surface area contributed by atoms with Gasteiger partial charge in [-0.1, -0.05) is 15.9 Å². The van der Waals surface area contributed by atoms with E-state index in [9.17, 15) is 0 Å². The molecule has 0 amide bonds. The molecule has 0 saturated heterocycles. The Morgan fingerprint density at radius 2 is 2.07 bits per heavy atom. The van der Waals surface area contributed by atoms with Crippen LogP contribution >= 0.6 is 15.9 Å². The van der Waals surface area contributed by atoms with Gasteiger partial charge in [0.2, 0.25) is 0 Å². The topological polar surface area (TPSA) is 33.6 Å². The van der Waals surface area contributed by atoms with Crippen LogP contribution in [-0.4, -0.2) is 25.6 Å². The smallest absolute Gasteiger partial charge is 0.127 e. The van der Waals surface area contributed by atoms with Gasteiger partial charge in [0.25, 0.3) is 0 Å². The zero-order valence-corrected chi connectivity index (χ0v) is 9.25. The number of hydrogen-bond acceptors (Lipinski definition) is 3. The van der Waals surface area contributed by atoms with Crippen LogP contribution in [-0.2, 0) is 4.74 Å². The molecule has 2 rings (SSSR count). The Morgan fingerprint density at radius 1 is 1.29 bits per heavy atom. The monoisotopic (exact) mass is 254 g/mol. The summed E-state index contributed by atoms with van der Waals surface area (Å²) < 4.78 is 6.35. The number of rotatable bonds is 1. The lowest BCUT2D eigenvalue weighted by atomic mass is 10.3. The van der Waals surface area contributed by atoms with Gasteiger partial charge in [0.15, 0.2) is 0 Å². The second kappa shape index (κ2) is 4.57. The van der Waals surface area contributed by atoms with Gasteiger partial charge in [-0.2, -0.15) is 0 Å². The van der Waals surface area contributed by atoms with E-state index in [1.807, 2.05) is 24.3 Å². The standard InChI is InChI=1S/C10H11BrN2O/c11-8-1-3-9(4-2-8)13-10-7-14-6-5-12-10/h1-4H,5-7H2,(H,12,13). The van der Waals surface area contributed by atoms with E-state index in [1.54, 1.807) is 0 Å². The fourth-order valence-corrected chi connectivity index (χ4v) is 1.50. The normalized spacial score (nSPS) is 16.2. The molecule has 1 aromatic rings. The van der Waals surface area contributed by atoms with Crippen molar-refractivity contribution in [1.82, 2.24) is 0 Å². The van der Waals surface area contributed by atoms with Crippen molar-refractivity contribution in [2.45, 2.75) is 0 Å². The van der Waals surface area contributed by atoms with E-state index in [0.717, 1.165) is 29.1 Å². The molecule has 0 radical (unpaired) electrons. The highest BCUT2D eigenvalue weighted by Gasteiger charge is 2.04. The van der Waals surface area contributed by atoms with Crippen LogP contribution in [0.3, 0.4) is 0 Å².